The van der Waals surface area contributed by atoms with Crippen molar-refractivity contribution in [1.82, 2.24) is 0 Å². The van der Waals surface area contributed by atoms with Gasteiger partial charge in [-0.3, -0.25) is 0 Å². The van der Waals surface area contributed by atoms with Crippen LogP contribution in [0.3, 0.4) is 0 Å². The summed E-state index contributed by atoms with van der Waals surface area (Å²) in [5, 5.41) is -0.596. The highest BCUT2D eigenvalue weighted by Gasteiger charge is 2.17. The van der Waals surface area contributed by atoms with Crippen LogP contribution in [0.15, 0.2) is 59.5 Å². The molecular formula is C17H15Cl2FO2S. The van der Waals surface area contributed by atoms with Crippen molar-refractivity contribution in [2.24, 2.45) is 0 Å². The smallest absolute Gasteiger partial charge is 0.175 e. The van der Waals surface area contributed by atoms with E-state index in [0.29, 0.717) is 11.1 Å². The van der Waals surface area contributed by atoms with Crippen LogP contribution < -0.4 is 0 Å². The summed E-state index contributed by atoms with van der Waals surface area (Å²) in [4.78, 5) is 0.199. The van der Waals surface area contributed by atoms with Crippen LogP contribution in [0, 0.1) is 5.82 Å². The van der Waals surface area contributed by atoms with Gasteiger partial charge in [0.05, 0.1) is 10.3 Å². The van der Waals surface area contributed by atoms with Crippen LogP contribution in [0.2, 0.25) is 0 Å². The summed E-state index contributed by atoms with van der Waals surface area (Å²) in [5.74, 6) is -0.106. The van der Waals surface area contributed by atoms with Crippen LogP contribution in [-0.2, 0) is 9.84 Å². The zero-order chi connectivity index (χ0) is 17.0. The maximum absolute atomic E-state index is 13.1. The first-order valence-corrected chi connectivity index (χ1v) is 9.65. The molecule has 122 valence electrons. The molecule has 0 fully saturated rings. The molecule has 0 aliphatic carbocycles. The Morgan fingerprint density at radius 2 is 1.87 bits per heavy atom. The van der Waals surface area contributed by atoms with Gasteiger partial charge in [0.2, 0.25) is 0 Å². The van der Waals surface area contributed by atoms with Crippen LogP contribution in [0.5, 0.6) is 0 Å². The fourth-order valence-corrected chi connectivity index (χ4v) is 3.37. The van der Waals surface area contributed by atoms with E-state index in [1.807, 2.05) is 0 Å². The lowest BCUT2D eigenvalue weighted by Gasteiger charge is -2.16. The van der Waals surface area contributed by atoms with Crippen molar-refractivity contribution in [2.45, 2.75) is 10.3 Å². The number of allylic oxidation sites excluding steroid dienone is 2. The highest BCUT2D eigenvalue weighted by molar-refractivity contribution is 7.90. The van der Waals surface area contributed by atoms with Crippen molar-refractivity contribution < 1.29 is 12.8 Å². The molecule has 2 aromatic carbocycles. The van der Waals surface area contributed by atoms with Gasteiger partial charge in [-0.25, -0.2) is 12.8 Å². The van der Waals surface area contributed by atoms with Crippen molar-refractivity contribution in [2.75, 3.05) is 12.1 Å². The molecule has 0 aromatic heterocycles. The predicted molar refractivity (Wildman–Crippen MR) is 93.2 cm³/mol. The molecular weight excluding hydrogens is 358 g/mol. The molecule has 0 saturated heterocycles. The van der Waals surface area contributed by atoms with Gasteiger partial charge in [0.15, 0.2) is 9.84 Å². The maximum atomic E-state index is 13.1. The van der Waals surface area contributed by atoms with E-state index in [2.05, 4.69) is 0 Å². The highest BCUT2D eigenvalue weighted by Crippen LogP contribution is 2.36. The van der Waals surface area contributed by atoms with Crippen LogP contribution in [-0.4, -0.2) is 20.6 Å². The Labute approximate surface area is 145 Å². The summed E-state index contributed by atoms with van der Waals surface area (Å²) in [6, 6.07) is 12.4. The molecule has 0 aliphatic heterocycles. The van der Waals surface area contributed by atoms with E-state index in [9.17, 15) is 12.8 Å². The second-order valence-corrected chi connectivity index (χ2v) is 7.79. The molecule has 0 bridgehead atoms. The van der Waals surface area contributed by atoms with Gasteiger partial charge in [-0.2, -0.15) is 0 Å². The van der Waals surface area contributed by atoms with Gasteiger partial charge in [-0.1, -0.05) is 30.3 Å². The SMILES string of the molecule is CS(=O)(=O)c1cccc(C(Cl)C(=CCCl)c2ccc(F)cc2)c1. The summed E-state index contributed by atoms with van der Waals surface area (Å²) in [7, 11) is -3.32. The number of alkyl halides is 2. The Kier molecular flexibility index (Phi) is 5.84. The van der Waals surface area contributed by atoms with Gasteiger partial charge in [-0.15, -0.1) is 23.2 Å². The fraction of sp³-hybridized carbons (Fsp3) is 0.176. The molecule has 2 rings (SSSR count). The van der Waals surface area contributed by atoms with Crippen molar-refractivity contribution in [3.63, 3.8) is 0 Å². The summed E-state index contributed by atoms with van der Waals surface area (Å²) in [6.07, 6.45) is 2.88. The van der Waals surface area contributed by atoms with Gasteiger partial charge in [0.1, 0.15) is 5.82 Å². The molecule has 0 N–H and O–H groups in total. The standard InChI is InChI=1S/C17H15Cl2FO2S/c1-23(21,22)15-4-2-3-13(11-15)17(19)16(9-10-18)12-5-7-14(20)8-6-12/h2-9,11,17H,10H2,1H3. The first kappa shape index (κ1) is 18.0. The Bertz CT molecular complexity index is 815. The Morgan fingerprint density at radius 3 is 2.43 bits per heavy atom. The number of hydrogen-bond donors (Lipinski definition) is 0. The second kappa shape index (κ2) is 7.47. The molecule has 0 amide bonds. The molecule has 23 heavy (non-hydrogen) atoms. The van der Waals surface area contributed by atoms with Crippen molar-refractivity contribution >= 4 is 38.6 Å². The van der Waals surface area contributed by atoms with Crippen molar-refractivity contribution in [1.29, 1.82) is 0 Å². The number of halogens is 3. The Balaban J connectivity index is 2.45. The van der Waals surface area contributed by atoms with Gasteiger partial charge >= 0.3 is 0 Å². The average molecular weight is 373 g/mol. The first-order chi connectivity index (χ1) is 10.8. The molecule has 0 saturated carbocycles. The summed E-state index contributed by atoms with van der Waals surface area (Å²) in [6.45, 7) is 0. The molecule has 2 aromatic rings. The Morgan fingerprint density at radius 1 is 1.22 bits per heavy atom. The third-order valence-corrected chi connectivity index (χ3v) is 5.08. The molecule has 1 atom stereocenters. The average Bonchev–Trinajstić information content (AvgIpc) is 2.52. The minimum absolute atomic E-state index is 0.199. The van der Waals surface area contributed by atoms with Gasteiger partial charge in [0, 0.05) is 12.1 Å². The summed E-state index contributed by atoms with van der Waals surface area (Å²) in [5.41, 5.74) is 2.07. The largest absolute Gasteiger partial charge is 0.224 e. The first-order valence-electron chi connectivity index (χ1n) is 6.79. The monoisotopic (exact) mass is 372 g/mol. The number of sulfone groups is 1. The highest BCUT2D eigenvalue weighted by atomic mass is 35.5. The van der Waals surface area contributed by atoms with Gasteiger partial charge < -0.3 is 0 Å². The normalized spacial score (nSPS) is 13.8. The lowest BCUT2D eigenvalue weighted by atomic mass is 9.97. The number of rotatable bonds is 5. The second-order valence-electron chi connectivity index (χ2n) is 5.03. The van der Waals surface area contributed by atoms with E-state index in [-0.39, 0.29) is 16.6 Å². The van der Waals surface area contributed by atoms with Crippen molar-refractivity contribution in [3.8, 4) is 0 Å². The zero-order valence-corrected chi connectivity index (χ0v) is 14.7. The van der Waals surface area contributed by atoms with E-state index >= 15 is 0 Å². The molecule has 1 unspecified atom stereocenters. The fourth-order valence-electron chi connectivity index (χ4n) is 2.18. The quantitative estimate of drug-likeness (QED) is 0.704. The Hall–Kier alpha value is -1.36. The lowest BCUT2D eigenvalue weighted by Crippen LogP contribution is -2.01. The molecule has 0 aliphatic rings. The van der Waals surface area contributed by atoms with E-state index in [1.165, 1.54) is 18.2 Å². The molecule has 6 heteroatoms. The minimum atomic E-state index is -3.32. The van der Waals surface area contributed by atoms with Crippen LogP contribution in [0.25, 0.3) is 5.57 Å². The molecule has 0 spiro atoms. The van der Waals surface area contributed by atoms with Crippen molar-refractivity contribution in [3.05, 3.63) is 71.6 Å². The van der Waals surface area contributed by atoms with E-state index in [4.69, 9.17) is 23.2 Å². The van der Waals surface area contributed by atoms with E-state index < -0.39 is 15.2 Å². The third kappa shape index (κ3) is 4.56. The van der Waals surface area contributed by atoms with Gasteiger partial charge in [0.25, 0.3) is 0 Å². The zero-order valence-electron chi connectivity index (χ0n) is 12.3. The third-order valence-electron chi connectivity index (χ3n) is 3.33. The predicted octanol–water partition coefficient (Wildman–Crippen LogP) is 4.83. The topological polar surface area (TPSA) is 34.1 Å². The summed E-state index contributed by atoms with van der Waals surface area (Å²) < 4.78 is 36.5. The van der Waals surface area contributed by atoms with Crippen LogP contribution in [0.4, 0.5) is 4.39 Å². The van der Waals surface area contributed by atoms with E-state index in [1.54, 1.807) is 36.4 Å². The number of benzene rings is 2. The number of hydrogen-bond acceptors (Lipinski definition) is 2. The molecule has 2 nitrogen and oxygen atoms in total. The summed E-state index contributed by atoms with van der Waals surface area (Å²) >= 11 is 12.3. The van der Waals surface area contributed by atoms with Crippen LogP contribution >= 0.6 is 23.2 Å². The maximum Gasteiger partial charge on any atom is 0.175 e. The molecule has 0 heterocycles. The van der Waals surface area contributed by atoms with Gasteiger partial charge in [-0.05, 0) is 41.0 Å². The van der Waals surface area contributed by atoms with E-state index in [0.717, 1.165) is 11.8 Å². The lowest BCUT2D eigenvalue weighted by molar-refractivity contribution is 0.601. The minimum Gasteiger partial charge on any atom is -0.224 e. The van der Waals surface area contributed by atoms with Crippen LogP contribution in [0.1, 0.15) is 16.5 Å². The molecule has 0 radical (unpaired) electrons.